The fourth-order valence-corrected chi connectivity index (χ4v) is 4.45. The number of likely N-dealkylation sites (N-methyl/N-ethyl adjacent to an activating group) is 1. The summed E-state index contributed by atoms with van der Waals surface area (Å²) in [6, 6.07) is 8.99. The normalized spacial score (nSPS) is 14.9. The molecule has 1 aliphatic heterocycles. The van der Waals surface area contributed by atoms with Crippen LogP contribution in [0.4, 0.5) is 5.69 Å². The van der Waals surface area contributed by atoms with E-state index in [-0.39, 0.29) is 18.4 Å². The Morgan fingerprint density at radius 2 is 1.97 bits per heavy atom. The summed E-state index contributed by atoms with van der Waals surface area (Å²) in [6.45, 7) is 3.76. The van der Waals surface area contributed by atoms with Crippen molar-refractivity contribution in [3.63, 3.8) is 0 Å². The number of amides is 2. The summed E-state index contributed by atoms with van der Waals surface area (Å²) in [4.78, 5) is 26.5. The summed E-state index contributed by atoms with van der Waals surface area (Å²) in [5.41, 5.74) is 3.56. The van der Waals surface area contributed by atoms with Crippen molar-refractivity contribution in [3.05, 3.63) is 56.4 Å². The molecule has 1 saturated heterocycles. The minimum absolute atomic E-state index is 0.135. The molecule has 1 N–H and O–H groups in total. The van der Waals surface area contributed by atoms with E-state index in [0.717, 1.165) is 26.9 Å². The first kappa shape index (κ1) is 23.3. The highest BCUT2D eigenvalue weighted by molar-refractivity contribution is 9.10. The van der Waals surface area contributed by atoms with Crippen LogP contribution in [0.3, 0.4) is 0 Å². The van der Waals surface area contributed by atoms with Crippen LogP contribution in [-0.2, 0) is 9.59 Å². The van der Waals surface area contributed by atoms with Crippen LogP contribution in [-0.4, -0.2) is 41.8 Å². The van der Waals surface area contributed by atoms with Crippen LogP contribution >= 0.6 is 39.9 Å². The Labute approximate surface area is 199 Å². The number of methoxy groups -OCH3 is 1. The highest BCUT2D eigenvalue weighted by atomic mass is 79.9. The first-order valence-electron chi connectivity index (χ1n) is 9.29. The smallest absolute Gasteiger partial charge is 0.265 e. The second-order valence-corrected chi connectivity index (χ2v) is 9.36. The van der Waals surface area contributed by atoms with Gasteiger partial charge in [0.2, 0.25) is 0 Å². The molecular formula is C22H21BrN2O4S2. The molecular weight excluding hydrogens is 500 g/mol. The number of rotatable bonds is 6. The quantitative estimate of drug-likeness (QED) is 0.430. The molecule has 0 bridgehead atoms. The number of benzene rings is 2. The lowest BCUT2D eigenvalue weighted by molar-refractivity contribution is -0.121. The van der Waals surface area contributed by atoms with Crippen molar-refractivity contribution < 1.29 is 19.1 Å². The van der Waals surface area contributed by atoms with Crippen LogP contribution in [0, 0.1) is 13.8 Å². The Morgan fingerprint density at radius 3 is 2.61 bits per heavy atom. The molecule has 1 aliphatic rings. The summed E-state index contributed by atoms with van der Waals surface area (Å²) in [5.74, 6) is 0.484. The molecule has 31 heavy (non-hydrogen) atoms. The summed E-state index contributed by atoms with van der Waals surface area (Å²) >= 11 is 9.89. The predicted molar refractivity (Wildman–Crippen MR) is 132 cm³/mol. The lowest BCUT2D eigenvalue weighted by Gasteiger charge is -2.14. The molecule has 0 atom stereocenters. The van der Waals surface area contributed by atoms with Gasteiger partial charge in [0.1, 0.15) is 4.32 Å². The fourth-order valence-electron chi connectivity index (χ4n) is 2.84. The number of thiocarbonyl (C=S) groups is 1. The summed E-state index contributed by atoms with van der Waals surface area (Å²) in [5, 5.41) is 2.87. The average molecular weight is 521 g/mol. The van der Waals surface area contributed by atoms with Crippen molar-refractivity contribution in [2.75, 3.05) is 26.1 Å². The molecule has 0 aliphatic carbocycles. The number of hydrogen-bond acceptors (Lipinski definition) is 6. The van der Waals surface area contributed by atoms with Gasteiger partial charge in [0.15, 0.2) is 18.1 Å². The molecule has 1 fully saturated rings. The van der Waals surface area contributed by atoms with Crippen molar-refractivity contribution >= 4 is 67.8 Å². The first-order chi connectivity index (χ1) is 14.7. The van der Waals surface area contributed by atoms with Gasteiger partial charge in [0, 0.05) is 17.2 Å². The molecule has 0 spiro atoms. The largest absolute Gasteiger partial charge is 0.493 e. The Hall–Kier alpha value is -2.36. The molecule has 2 aromatic carbocycles. The van der Waals surface area contributed by atoms with Gasteiger partial charge < -0.3 is 14.8 Å². The van der Waals surface area contributed by atoms with Crippen molar-refractivity contribution in [1.82, 2.24) is 4.90 Å². The van der Waals surface area contributed by atoms with Gasteiger partial charge in [0.25, 0.3) is 11.8 Å². The molecule has 0 aromatic heterocycles. The molecule has 0 unspecified atom stereocenters. The SMILES string of the molecule is COc1cc(/C=C2/SC(=S)N(C)C2=O)ccc1OCC(=O)Nc1ccc(Br)c(C)c1C. The number of nitrogens with one attached hydrogen (secondary N) is 1. The molecule has 9 heteroatoms. The van der Waals surface area contributed by atoms with E-state index in [0.29, 0.717) is 20.7 Å². The molecule has 0 saturated carbocycles. The van der Waals surface area contributed by atoms with Crippen LogP contribution in [0.15, 0.2) is 39.7 Å². The highest BCUT2D eigenvalue weighted by Crippen LogP contribution is 2.34. The second kappa shape index (κ2) is 9.84. The maximum Gasteiger partial charge on any atom is 0.265 e. The van der Waals surface area contributed by atoms with Crippen LogP contribution in [0.1, 0.15) is 16.7 Å². The standard InChI is InChI=1S/C22H21BrN2O4S2/c1-12-13(2)16(7-6-15(12)23)24-20(26)11-29-17-8-5-14(9-18(17)28-4)10-19-21(27)25(3)22(30)31-19/h5-10H,11H2,1-4H3,(H,24,26)/b19-10+. The average Bonchev–Trinajstić information content (AvgIpc) is 2.99. The number of halogens is 1. The summed E-state index contributed by atoms with van der Waals surface area (Å²) in [6.07, 6.45) is 1.75. The minimum Gasteiger partial charge on any atom is -0.493 e. The van der Waals surface area contributed by atoms with Crippen LogP contribution in [0.2, 0.25) is 0 Å². The van der Waals surface area contributed by atoms with Crippen molar-refractivity contribution in [2.24, 2.45) is 0 Å². The van der Waals surface area contributed by atoms with E-state index in [2.05, 4.69) is 21.2 Å². The minimum atomic E-state index is -0.275. The Morgan fingerprint density at radius 1 is 1.23 bits per heavy atom. The summed E-state index contributed by atoms with van der Waals surface area (Å²) in [7, 11) is 3.17. The van der Waals surface area contributed by atoms with Crippen molar-refractivity contribution in [3.8, 4) is 11.5 Å². The van der Waals surface area contributed by atoms with Gasteiger partial charge in [-0.2, -0.15) is 0 Å². The fraction of sp³-hybridized carbons (Fsp3) is 0.227. The van der Waals surface area contributed by atoms with E-state index in [9.17, 15) is 9.59 Å². The number of ether oxygens (including phenoxy) is 2. The zero-order valence-corrected chi connectivity index (χ0v) is 20.7. The zero-order valence-electron chi connectivity index (χ0n) is 17.4. The lowest BCUT2D eigenvalue weighted by atomic mass is 10.1. The molecule has 3 rings (SSSR count). The topological polar surface area (TPSA) is 67.9 Å². The van der Waals surface area contributed by atoms with E-state index < -0.39 is 0 Å². The van der Waals surface area contributed by atoms with Gasteiger partial charge >= 0.3 is 0 Å². The monoisotopic (exact) mass is 520 g/mol. The first-order valence-corrected chi connectivity index (χ1v) is 11.3. The lowest BCUT2D eigenvalue weighted by Crippen LogP contribution is -2.22. The van der Waals surface area contributed by atoms with Gasteiger partial charge in [-0.25, -0.2) is 0 Å². The third-order valence-electron chi connectivity index (χ3n) is 4.83. The van der Waals surface area contributed by atoms with E-state index in [4.69, 9.17) is 21.7 Å². The number of thioether (sulfide) groups is 1. The van der Waals surface area contributed by atoms with Gasteiger partial charge in [-0.1, -0.05) is 46.0 Å². The van der Waals surface area contributed by atoms with Crippen molar-refractivity contribution in [1.29, 1.82) is 0 Å². The van der Waals surface area contributed by atoms with Gasteiger partial charge in [-0.05, 0) is 60.9 Å². The van der Waals surface area contributed by atoms with Gasteiger partial charge in [-0.15, -0.1) is 0 Å². The second-order valence-electron chi connectivity index (χ2n) is 6.83. The van der Waals surface area contributed by atoms with E-state index in [1.165, 1.54) is 23.8 Å². The summed E-state index contributed by atoms with van der Waals surface area (Å²) < 4.78 is 12.6. The Bertz CT molecular complexity index is 1100. The molecule has 0 radical (unpaired) electrons. The van der Waals surface area contributed by atoms with Crippen LogP contribution in [0.5, 0.6) is 11.5 Å². The molecule has 6 nitrogen and oxygen atoms in total. The molecule has 162 valence electrons. The number of nitrogens with zero attached hydrogens (tertiary/aromatic N) is 1. The maximum absolute atomic E-state index is 12.4. The zero-order chi connectivity index (χ0) is 22.7. The Kier molecular flexibility index (Phi) is 7.40. The molecule has 2 aromatic rings. The van der Waals surface area contributed by atoms with Crippen LogP contribution < -0.4 is 14.8 Å². The van der Waals surface area contributed by atoms with Gasteiger partial charge in [0.05, 0.1) is 12.0 Å². The van der Waals surface area contributed by atoms with E-state index in [1.807, 2.05) is 26.0 Å². The third-order valence-corrected chi connectivity index (χ3v) is 7.17. The third kappa shape index (κ3) is 5.28. The number of hydrogen-bond donors (Lipinski definition) is 1. The number of carbonyl (C=O) groups excluding carboxylic acids is 2. The highest BCUT2D eigenvalue weighted by Gasteiger charge is 2.28. The van der Waals surface area contributed by atoms with Gasteiger partial charge in [-0.3, -0.25) is 14.5 Å². The van der Waals surface area contributed by atoms with E-state index in [1.54, 1.807) is 31.3 Å². The van der Waals surface area contributed by atoms with Crippen molar-refractivity contribution in [2.45, 2.75) is 13.8 Å². The number of carbonyl (C=O) groups is 2. The van der Waals surface area contributed by atoms with E-state index >= 15 is 0 Å². The molecule has 1 heterocycles. The molecule has 2 amide bonds. The Balaban J connectivity index is 1.68. The van der Waals surface area contributed by atoms with Crippen LogP contribution in [0.25, 0.3) is 6.08 Å². The predicted octanol–water partition coefficient (Wildman–Crippen LogP) is 4.92. The number of anilines is 1. The maximum atomic E-state index is 12.4.